The van der Waals surface area contributed by atoms with E-state index in [0.29, 0.717) is 18.6 Å². The lowest BCUT2D eigenvalue weighted by Gasteiger charge is -2.10. The predicted octanol–water partition coefficient (Wildman–Crippen LogP) is 2.08. The summed E-state index contributed by atoms with van der Waals surface area (Å²) in [6.45, 7) is 2.74. The third-order valence-corrected chi connectivity index (χ3v) is 5.66. The van der Waals surface area contributed by atoms with Crippen molar-refractivity contribution in [3.63, 3.8) is 0 Å². The van der Waals surface area contributed by atoms with Crippen LogP contribution in [0.3, 0.4) is 0 Å². The minimum Gasteiger partial charge on any atom is -0.494 e. The van der Waals surface area contributed by atoms with Crippen molar-refractivity contribution in [3.8, 4) is 11.8 Å². The Kier molecular flexibility index (Phi) is 6.59. The van der Waals surface area contributed by atoms with Crippen molar-refractivity contribution in [1.82, 2.24) is 5.32 Å². The van der Waals surface area contributed by atoms with Gasteiger partial charge in [0, 0.05) is 6.04 Å². The molecule has 1 aromatic rings. The zero-order chi connectivity index (χ0) is 18.3. The fraction of sp³-hybridized carbons (Fsp3) is 0.444. The number of ether oxygens (including phenoxy) is 1. The summed E-state index contributed by atoms with van der Waals surface area (Å²) in [6.07, 6.45) is 3.91. The van der Waals surface area contributed by atoms with Gasteiger partial charge in [0.1, 0.15) is 17.4 Å². The van der Waals surface area contributed by atoms with Gasteiger partial charge in [0.2, 0.25) is 0 Å². The van der Waals surface area contributed by atoms with Crippen LogP contribution in [0.2, 0.25) is 0 Å². The SMILES string of the molecule is CCCCOc1ccc(/C=C(\C#N)C(=O)N[C@H]2CCS(=O)(=O)C2)cc1. The van der Waals surface area contributed by atoms with Gasteiger partial charge in [-0.25, -0.2) is 8.42 Å². The first-order valence-corrected chi connectivity index (χ1v) is 10.1. The molecule has 1 fully saturated rings. The summed E-state index contributed by atoms with van der Waals surface area (Å²) in [5.74, 6) is 0.196. The number of sulfone groups is 1. The molecule has 7 heteroatoms. The van der Waals surface area contributed by atoms with E-state index in [0.717, 1.165) is 18.6 Å². The van der Waals surface area contributed by atoms with E-state index in [9.17, 15) is 18.5 Å². The Morgan fingerprint density at radius 3 is 2.68 bits per heavy atom. The number of carbonyl (C=O) groups excluding carboxylic acids is 1. The minimum atomic E-state index is -3.08. The van der Waals surface area contributed by atoms with Gasteiger partial charge in [0.15, 0.2) is 9.84 Å². The molecule has 0 aromatic heterocycles. The zero-order valence-corrected chi connectivity index (χ0v) is 15.0. The lowest BCUT2D eigenvalue weighted by Crippen LogP contribution is -2.36. The Bertz CT molecular complexity index is 776. The number of carbonyl (C=O) groups is 1. The van der Waals surface area contributed by atoms with Crippen molar-refractivity contribution in [2.75, 3.05) is 18.1 Å². The quantitative estimate of drug-likeness (QED) is 0.455. The molecule has 0 aliphatic carbocycles. The maximum Gasteiger partial charge on any atom is 0.262 e. The van der Waals surface area contributed by atoms with Gasteiger partial charge in [-0.2, -0.15) is 5.26 Å². The number of benzene rings is 1. The molecule has 1 N–H and O–H groups in total. The average Bonchev–Trinajstić information content (AvgIpc) is 2.92. The monoisotopic (exact) mass is 362 g/mol. The molecule has 1 atom stereocenters. The second kappa shape index (κ2) is 8.67. The smallest absolute Gasteiger partial charge is 0.262 e. The van der Waals surface area contributed by atoms with E-state index in [1.165, 1.54) is 6.08 Å². The van der Waals surface area contributed by atoms with E-state index in [1.54, 1.807) is 24.3 Å². The Labute approximate surface area is 148 Å². The molecule has 1 aromatic carbocycles. The summed E-state index contributed by atoms with van der Waals surface area (Å²) >= 11 is 0. The Morgan fingerprint density at radius 1 is 1.40 bits per heavy atom. The zero-order valence-electron chi connectivity index (χ0n) is 14.2. The lowest BCUT2D eigenvalue weighted by molar-refractivity contribution is -0.117. The number of unbranched alkanes of at least 4 members (excludes halogenated alkanes) is 1. The van der Waals surface area contributed by atoms with Gasteiger partial charge < -0.3 is 10.1 Å². The topological polar surface area (TPSA) is 96.3 Å². The van der Waals surface area contributed by atoms with Crippen molar-refractivity contribution >= 4 is 21.8 Å². The first-order chi connectivity index (χ1) is 11.9. The van der Waals surface area contributed by atoms with Crippen molar-refractivity contribution in [1.29, 1.82) is 5.26 Å². The largest absolute Gasteiger partial charge is 0.494 e. The molecule has 2 rings (SSSR count). The molecule has 1 aliphatic heterocycles. The number of hydrogen-bond acceptors (Lipinski definition) is 5. The maximum atomic E-state index is 12.2. The molecular formula is C18H22N2O4S. The van der Waals surface area contributed by atoms with Crippen LogP contribution in [0.15, 0.2) is 29.8 Å². The van der Waals surface area contributed by atoms with Gasteiger partial charge in [-0.3, -0.25) is 4.79 Å². The fourth-order valence-corrected chi connectivity index (χ4v) is 4.16. The second-order valence-corrected chi connectivity index (χ2v) is 8.24. The van der Waals surface area contributed by atoms with Gasteiger partial charge in [0.25, 0.3) is 5.91 Å². The Hall–Kier alpha value is -2.33. The molecule has 0 spiro atoms. The van der Waals surface area contributed by atoms with E-state index in [1.807, 2.05) is 6.07 Å². The van der Waals surface area contributed by atoms with Crippen LogP contribution >= 0.6 is 0 Å². The third kappa shape index (κ3) is 5.91. The number of nitrogens with one attached hydrogen (secondary N) is 1. The van der Waals surface area contributed by atoms with Gasteiger partial charge in [-0.1, -0.05) is 25.5 Å². The van der Waals surface area contributed by atoms with Crippen LogP contribution in [0.25, 0.3) is 6.08 Å². The van der Waals surface area contributed by atoms with Crippen molar-refractivity contribution < 1.29 is 17.9 Å². The molecule has 1 saturated heterocycles. The molecule has 0 radical (unpaired) electrons. The highest BCUT2D eigenvalue weighted by Crippen LogP contribution is 2.16. The Balaban J connectivity index is 1.99. The first-order valence-electron chi connectivity index (χ1n) is 8.29. The molecule has 0 unspecified atom stereocenters. The highest BCUT2D eigenvalue weighted by molar-refractivity contribution is 7.91. The van der Waals surface area contributed by atoms with E-state index < -0.39 is 21.8 Å². The predicted molar refractivity (Wildman–Crippen MR) is 95.6 cm³/mol. The molecule has 0 bridgehead atoms. The number of hydrogen-bond donors (Lipinski definition) is 1. The Morgan fingerprint density at radius 2 is 2.12 bits per heavy atom. The molecule has 1 aliphatic rings. The van der Waals surface area contributed by atoms with Crippen LogP contribution in [-0.4, -0.2) is 38.5 Å². The van der Waals surface area contributed by atoms with Crippen LogP contribution in [0, 0.1) is 11.3 Å². The number of amides is 1. The number of nitrogens with zero attached hydrogens (tertiary/aromatic N) is 1. The van der Waals surface area contributed by atoms with Crippen molar-refractivity contribution in [2.24, 2.45) is 0 Å². The molecule has 1 heterocycles. The van der Waals surface area contributed by atoms with Gasteiger partial charge in [-0.15, -0.1) is 0 Å². The van der Waals surface area contributed by atoms with E-state index in [2.05, 4.69) is 12.2 Å². The second-order valence-electron chi connectivity index (χ2n) is 6.01. The third-order valence-electron chi connectivity index (χ3n) is 3.89. The van der Waals surface area contributed by atoms with Gasteiger partial charge in [-0.05, 0) is 36.6 Å². The molecule has 25 heavy (non-hydrogen) atoms. The summed E-state index contributed by atoms with van der Waals surface area (Å²) in [4.78, 5) is 12.2. The minimum absolute atomic E-state index is 0.0519. The van der Waals surface area contributed by atoms with Crippen LogP contribution in [0.4, 0.5) is 0 Å². The van der Waals surface area contributed by atoms with Crippen molar-refractivity contribution in [2.45, 2.75) is 32.2 Å². The number of nitriles is 1. The first kappa shape index (κ1) is 19.0. The summed E-state index contributed by atoms with van der Waals surface area (Å²) in [7, 11) is -3.08. The molecule has 6 nitrogen and oxygen atoms in total. The average molecular weight is 362 g/mol. The van der Waals surface area contributed by atoms with Crippen LogP contribution in [0.5, 0.6) is 5.75 Å². The van der Waals surface area contributed by atoms with Gasteiger partial charge >= 0.3 is 0 Å². The molecule has 1 amide bonds. The van der Waals surface area contributed by atoms with Crippen LogP contribution in [-0.2, 0) is 14.6 Å². The summed E-state index contributed by atoms with van der Waals surface area (Å²) in [6, 6.07) is 8.56. The van der Waals surface area contributed by atoms with E-state index in [4.69, 9.17) is 4.74 Å². The normalized spacial score (nSPS) is 19.2. The highest BCUT2D eigenvalue weighted by Gasteiger charge is 2.29. The maximum absolute atomic E-state index is 12.2. The summed E-state index contributed by atoms with van der Waals surface area (Å²) in [5, 5.41) is 11.8. The highest BCUT2D eigenvalue weighted by atomic mass is 32.2. The fourth-order valence-electron chi connectivity index (χ4n) is 2.48. The molecular weight excluding hydrogens is 340 g/mol. The van der Waals surface area contributed by atoms with Crippen LogP contribution < -0.4 is 10.1 Å². The number of rotatable bonds is 7. The van der Waals surface area contributed by atoms with Gasteiger partial charge in [0.05, 0.1) is 18.1 Å². The summed E-state index contributed by atoms with van der Waals surface area (Å²) in [5.41, 5.74) is 0.650. The lowest BCUT2D eigenvalue weighted by atomic mass is 10.1. The van der Waals surface area contributed by atoms with Crippen LogP contribution in [0.1, 0.15) is 31.7 Å². The van der Waals surface area contributed by atoms with Crippen molar-refractivity contribution in [3.05, 3.63) is 35.4 Å². The molecule has 134 valence electrons. The van der Waals surface area contributed by atoms with E-state index >= 15 is 0 Å². The summed E-state index contributed by atoms with van der Waals surface area (Å²) < 4.78 is 28.4. The standard InChI is InChI=1S/C18H22N2O4S/c1-2-3-9-24-17-6-4-14(5-7-17)11-15(12-19)18(21)20-16-8-10-25(22,23)13-16/h4-7,11,16H,2-3,8-10,13H2,1H3,(H,20,21)/b15-11+/t16-/m0/s1. The van der Waals surface area contributed by atoms with E-state index in [-0.39, 0.29) is 17.1 Å². The molecule has 0 saturated carbocycles.